The molecule has 0 saturated heterocycles. The highest BCUT2D eigenvalue weighted by Crippen LogP contribution is 2.39. The van der Waals surface area contributed by atoms with Gasteiger partial charge in [-0.15, -0.1) is 0 Å². The van der Waals surface area contributed by atoms with Gasteiger partial charge in [-0.1, -0.05) is 18.2 Å². The number of benzene rings is 1. The van der Waals surface area contributed by atoms with Crippen molar-refractivity contribution in [2.75, 3.05) is 6.61 Å². The van der Waals surface area contributed by atoms with Gasteiger partial charge in [-0.2, -0.15) is 13.2 Å². The maximum Gasteiger partial charge on any atom is 0.416 e. The predicted octanol–water partition coefficient (Wildman–Crippen LogP) is 2.91. The topological polar surface area (TPSA) is 46.2 Å². The first kappa shape index (κ1) is 15.0. The van der Waals surface area contributed by atoms with E-state index in [-0.39, 0.29) is 18.6 Å². The van der Waals surface area contributed by atoms with E-state index in [1.807, 2.05) is 0 Å². The van der Waals surface area contributed by atoms with Crippen LogP contribution < -0.4 is 5.73 Å². The average Bonchev–Trinajstić information content (AvgIpc) is 2.23. The predicted molar refractivity (Wildman–Crippen MR) is 64.2 cm³/mol. The Kier molecular flexibility index (Phi) is 4.40. The first-order valence-corrected chi connectivity index (χ1v) is 5.73. The van der Waals surface area contributed by atoms with Crippen LogP contribution in [0.15, 0.2) is 24.3 Å². The number of hydrogen-bond acceptors (Lipinski definition) is 2. The van der Waals surface area contributed by atoms with Gasteiger partial charge in [0.05, 0.1) is 5.56 Å². The van der Waals surface area contributed by atoms with E-state index in [0.29, 0.717) is 0 Å². The highest BCUT2D eigenvalue weighted by Gasteiger charge is 2.37. The van der Waals surface area contributed by atoms with E-state index >= 15 is 0 Å². The SMILES string of the molecule is CC(C)(N)C(CCO)c1ccccc1C(F)(F)F. The molecule has 0 amide bonds. The summed E-state index contributed by atoms with van der Waals surface area (Å²) in [7, 11) is 0. The van der Waals surface area contributed by atoms with Gasteiger partial charge in [0.15, 0.2) is 0 Å². The molecule has 0 bridgehead atoms. The average molecular weight is 261 g/mol. The number of alkyl halides is 3. The standard InChI is InChI=1S/C13H18F3NO/c1-12(2,17)10(7-8-18)9-5-3-4-6-11(9)13(14,15)16/h3-6,10,18H,7-8,17H2,1-2H3. The summed E-state index contributed by atoms with van der Waals surface area (Å²) in [6.07, 6.45) is -4.20. The zero-order valence-electron chi connectivity index (χ0n) is 10.5. The molecule has 0 aliphatic rings. The van der Waals surface area contributed by atoms with Gasteiger partial charge in [-0.3, -0.25) is 0 Å². The molecule has 0 spiro atoms. The molecule has 0 radical (unpaired) electrons. The highest BCUT2D eigenvalue weighted by molar-refractivity contribution is 5.34. The number of nitrogens with two attached hydrogens (primary N) is 1. The second kappa shape index (κ2) is 5.28. The van der Waals surface area contributed by atoms with Crippen LogP contribution in [0.3, 0.4) is 0 Å². The molecule has 0 saturated carbocycles. The van der Waals surface area contributed by atoms with E-state index in [1.54, 1.807) is 19.9 Å². The van der Waals surface area contributed by atoms with E-state index < -0.39 is 23.2 Å². The fraction of sp³-hybridized carbons (Fsp3) is 0.538. The van der Waals surface area contributed by atoms with Crippen LogP contribution in [0.5, 0.6) is 0 Å². The molecule has 1 unspecified atom stereocenters. The Morgan fingerprint density at radius 3 is 2.22 bits per heavy atom. The Morgan fingerprint density at radius 2 is 1.78 bits per heavy atom. The van der Waals surface area contributed by atoms with Crippen molar-refractivity contribution in [3.05, 3.63) is 35.4 Å². The minimum Gasteiger partial charge on any atom is -0.396 e. The Morgan fingerprint density at radius 1 is 1.22 bits per heavy atom. The van der Waals surface area contributed by atoms with Crippen LogP contribution in [0.2, 0.25) is 0 Å². The number of aliphatic hydroxyl groups is 1. The number of hydrogen-bond donors (Lipinski definition) is 2. The molecule has 1 aromatic rings. The van der Waals surface area contributed by atoms with E-state index in [0.717, 1.165) is 6.07 Å². The lowest BCUT2D eigenvalue weighted by Crippen LogP contribution is -2.40. The maximum atomic E-state index is 12.9. The number of aliphatic hydroxyl groups excluding tert-OH is 1. The lowest BCUT2D eigenvalue weighted by molar-refractivity contribution is -0.138. The molecule has 0 aliphatic carbocycles. The van der Waals surface area contributed by atoms with Crippen molar-refractivity contribution in [3.63, 3.8) is 0 Å². The summed E-state index contributed by atoms with van der Waals surface area (Å²) < 4.78 is 38.8. The Balaban J connectivity index is 3.29. The third-order valence-electron chi connectivity index (χ3n) is 2.96. The van der Waals surface area contributed by atoms with Gasteiger partial charge in [-0.25, -0.2) is 0 Å². The first-order valence-electron chi connectivity index (χ1n) is 5.73. The largest absolute Gasteiger partial charge is 0.416 e. The maximum absolute atomic E-state index is 12.9. The third-order valence-corrected chi connectivity index (χ3v) is 2.96. The van der Waals surface area contributed by atoms with Crippen molar-refractivity contribution in [3.8, 4) is 0 Å². The van der Waals surface area contributed by atoms with Crippen molar-refractivity contribution in [2.45, 2.75) is 37.9 Å². The molecule has 0 fully saturated rings. The van der Waals surface area contributed by atoms with Gasteiger partial charge in [0, 0.05) is 18.1 Å². The van der Waals surface area contributed by atoms with E-state index in [4.69, 9.17) is 10.8 Å². The molecular formula is C13H18F3NO. The van der Waals surface area contributed by atoms with Gasteiger partial charge >= 0.3 is 6.18 Å². The highest BCUT2D eigenvalue weighted by atomic mass is 19.4. The summed E-state index contributed by atoms with van der Waals surface area (Å²) in [5, 5.41) is 9.02. The molecule has 1 rings (SSSR count). The quantitative estimate of drug-likeness (QED) is 0.875. The van der Waals surface area contributed by atoms with Gasteiger partial charge in [-0.05, 0) is 31.9 Å². The molecule has 0 aliphatic heterocycles. The minimum atomic E-state index is -4.41. The summed E-state index contributed by atoms with van der Waals surface area (Å²) in [5.74, 6) is -0.541. The molecule has 0 heterocycles. The monoisotopic (exact) mass is 261 g/mol. The number of rotatable bonds is 4. The molecule has 1 atom stereocenters. The van der Waals surface area contributed by atoms with Crippen molar-refractivity contribution in [1.29, 1.82) is 0 Å². The molecule has 0 aromatic heterocycles. The van der Waals surface area contributed by atoms with Crippen LogP contribution >= 0.6 is 0 Å². The normalized spacial score (nSPS) is 14.6. The molecule has 3 N–H and O–H groups in total. The second-order valence-corrected chi connectivity index (χ2v) is 4.97. The lowest BCUT2D eigenvalue weighted by atomic mass is 9.78. The van der Waals surface area contributed by atoms with Crippen LogP contribution in [-0.2, 0) is 6.18 Å². The minimum absolute atomic E-state index is 0.145. The molecule has 2 nitrogen and oxygen atoms in total. The van der Waals surface area contributed by atoms with Crippen LogP contribution in [0.25, 0.3) is 0 Å². The summed E-state index contributed by atoms with van der Waals surface area (Å²) >= 11 is 0. The summed E-state index contributed by atoms with van der Waals surface area (Å²) in [6.45, 7) is 3.14. The zero-order chi connectivity index (χ0) is 14.0. The fourth-order valence-corrected chi connectivity index (χ4v) is 2.12. The Hall–Kier alpha value is -1.07. The second-order valence-electron chi connectivity index (χ2n) is 4.97. The van der Waals surface area contributed by atoms with Gasteiger partial charge in [0.1, 0.15) is 0 Å². The zero-order valence-corrected chi connectivity index (χ0v) is 10.5. The molecule has 102 valence electrons. The van der Waals surface area contributed by atoms with Crippen LogP contribution in [-0.4, -0.2) is 17.3 Å². The van der Waals surface area contributed by atoms with Crippen LogP contribution in [0.1, 0.15) is 37.3 Å². The van der Waals surface area contributed by atoms with Crippen molar-refractivity contribution < 1.29 is 18.3 Å². The van der Waals surface area contributed by atoms with Crippen LogP contribution in [0.4, 0.5) is 13.2 Å². The molecule has 1 aromatic carbocycles. The van der Waals surface area contributed by atoms with E-state index in [1.165, 1.54) is 12.1 Å². The Labute approximate surface area is 105 Å². The first-order chi connectivity index (χ1) is 8.18. The van der Waals surface area contributed by atoms with Crippen molar-refractivity contribution in [1.82, 2.24) is 0 Å². The molecule has 18 heavy (non-hydrogen) atoms. The fourth-order valence-electron chi connectivity index (χ4n) is 2.12. The van der Waals surface area contributed by atoms with E-state index in [9.17, 15) is 13.2 Å². The summed E-state index contributed by atoms with van der Waals surface area (Å²) in [6, 6.07) is 5.38. The number of halogens is 3. The summed E-state index contributed by atoms with van der Waals surface area (Å²) in [4.78, 5) is 0. The Bertz CT molecular complexity index is 396. The smallest absolute Gasteiger partial charge is 0.396 e. The molecular weight excluding hydrogens is 243 g/mol. The van der Waals surface area contributed by atoms with Crippen molar-refractivity contribution in [2.24, 2.45) is 5.73 Å². The van der Waals surface area contributed by atoms with Gasteiger partial charge in [0.2, 0.25) is 0 Å². The molecule has 5 heteroatoms. The van der Waals surface area contributed by atoms with Gasteiger partial charge in [0.25, 0.3) is 0 Å². The summed E-state index contributed by atoms with van der Waals surface area (Å²) in [5.41, 5.74) is 4.57. The van der Waals surface area contributed by atoms with E-state index in [2.05, 4.69) is 0 Å². The van der Waals surface area contributed by atoms with Gasteiger partial charge < -0.3 is 10.8 Å². The van der Waals surface area contributed by atoms with Crippen LogP contribution in [0, 0.1) is 0 Å². The lowest BCUT2D eigenvalue weighted by Gasteiger charge is -2.32. The third kappa shape index (κ3) is 3.46. The van der Waals surface area contributed by atoms with Crippen molar-refractivity contribution >= 4 is 0 Å².